The fraction of sp³-hybridized carbons (Fsp3) is 0. The smallest absolute Gasteiger partial charge is 0.456 e. The van der Waals surface area contributed by atoms with Crippen molar-refractivity contribution in [1.82, 2.24) is 0 Å². The van der Waals surface area contributed by atoms with E-state index in [4.69, 9.17) is 14.5 Å². The van der Waals surface area contributed by atoms with E-state index in [9.17, 15) is 0 Å². The van der Waals surface area contributed by atoms with E-state index in [1.165, 1.54) is 0 Å². The molecule has 0 bridgehead atoms. The maximum absolute atomic E-state index is 9.15. The Hall–Kier alpha value is -2.56. The molecule has 0 unspecified atom stereocenters. The highest BCUT2D eigenvalue weighted by atomic mass is 16.4. The topological polar surface area (TPSA) is 53.6 Å². The summed E-state index contributed by atoms with van der Waals surface area (Å²) in [6.45, 7) is 0. The third kappa shape index (κ3) is 2.10. The van der Waals surface area contributed by atoms with Crippen molar-refractivity contribution < 1.29 is 14.5 Å². The molecule has 3 nitrogen and oxygen atoms in total. The first kappa shape index (κ1) is 13.1. The molecule has 4 heteroatoms. The molecule has 4 aromatic rings. The van der Waals surface area contributed by atoms with Gasteiger partial charge in [0.1, 0.15) is 11.2 Å². The van der Waals surface area contributed by atoms with Crippen LogP contribution in [-0.4, -0.2) is 17.2 Å². The molecule has 4 rings (SSSR count). The zero-order valence-electron chi connectivity index (χ0n) is 11.7. The molecule has 0 aliphatic heterocycles. The van der Waals surface area contributed by atoms with Crippen molar-refractivity contribution >= 4 is 34.5 Å². The lowest BCUT2D eigenvalue weighted by Gasteiger charge is -2.04. The van der Waals surface area contributed by atoms with Crippen LogP contribution in [0.25, 0.3) is 33.1 Å². The summed E-state index contributed by atoms with van der Waals surface area (Å²) in [4.78, 5) is 0. The fourth-order valence-corrected chi connectivity index (χ4v) is 2.75. The summed E-state index contributed by atoms with van der Waals surface area (Å²) < 4.78 is 5.90. The average Bonchev–Trinajstić information content (AvgIpc) is 2.92. The van der Waals surface area contributed by atoms with Crippen molar-refractivity contribution in [2.45, 2.75) is 0 Å². The maximum Gasteiger partial charge on any atom is 0.488 e. The number of hydrogen-bond acceptors (Lipinski definition) is 3. The Balaban J connectivity index is 1.83. The quantitative estimate of drug-likeness (QED) is 0.558. The SMILES string of the molecule is OB(O)c1ccc(-c2ccc3c(c2)oc2ccccc23)cc1. The first-order chi connectivity index (χ1) is 10.7. The Morgan fingerprint density at radius 2 is 1.36 bits per heavy atom. The number of hydrogen-bond donors (Lipinski definition) is 2. The molecular weight excluding hydrogens is 275 g/mol. The minimum Gasteiger partial charge on any atom is -0.456 e. The van der Waals surface area contributed by atoms with Crippen LogP contribution in [-0.2, 0) is 0 Å². The Kier molecular flexibility index (Phi) is 3.00. The van der Waals surface area contributed by atoms with Gasteiger partial charge in [0, 0.05) is 10.8 Å². The van der Waals surface area contributed by atoms with Gasteiger partial charge in [0.05, 0.1) is 0 Å². The lowest BCUT2D eigenvalue weighted by molar-refractivity contribution is 0.426. The fourth-order valence-electron chi connectivity index (χ4n) is 2.75. The van der Waals surface area contributed by atoms with Gasteiger partial charge in [-0.1, -0.05) is 48.5 Å². The van der Waals surface area contributed by atoms with Crippen LogP contribution in [0.3, 0.4) is 0 Å². The minimum atomic E-state index is -1.44. The average molecular weight is 288 g/mol. The molecule has 0 aliphatic carbocycles. The van der Waals surface area contributed by atoms with Gasteiger partial charge in [-0.05, 0) is 34.8 Å². The second kappa shape index (κ2) is 5.02. The van der Waals surface area contributed by atoms with E-state index in [0.29, 0.717) is 5.46 Å². The van der Waals surface area contributed by atoms with E-state index < -0.39 is 7.12 Å². The second-order valence-electron chi connectivity index (χ2n) is 5.30. The summed E-state index contributed by atoms with van der Waals surface area (Å²) in [5.74, 6) is 0. The molecule has 2 N–H and O–H groups in total. The first-order valence-electron chi connectivity index (χ1n) is 7.10. The summed E-state index contributed by atoms with van der Waals surface area (Å²) in [7, 11) is -1.44. The number of benzene rings is 3. The van der Waals surface area contributed by atoms with Gasteiger partial charge in [-0.3, -0.25) is 0 Å². The van der Waals surface area contributed by atoms with Gasteiger partial charge in [0.25, 0.3) is 0 Å². The highest BCUT2D eigenvalue weighted by Gasteiger charge is 2.11. The van der Waals surface area contributed by atoms with Gasteiger partial charge in [-0.25, -0.2) is 0 Å². The highest BCUT2D eigenvalue weighted by molar-refractivity contribution is 6.58. The second-order valence-corrected chi connectivity index (χ2v) is 5.30. The Bertz CT molecular complexity index is 955. The largest absolute Gasteiger partial charge is 0.488 e. The summed E-state index contributed by atoms with van der Waals surface area (Å²) >= 11 is 0. The summed E-state index contributed by atoms with van der Waals surface area (Å²) in [6, 6.07) is 21.3. The van der Waals surface area contributed by atoms with Crippen molar-refractivity contribution in [2.24, 2.45) is 0 Å². The van der Waals surface area contributed by atoms with Gasteiger partial charge in [0.2, 0.25) is 0 Å². The van der Waals surface area contributed by atoms with Crippen LogP contribution >= 0.6 is 0 Å². The molecule has 0 saturated carbocycles. The van der Waals surface area contributed by atoms with Gasteiger partial charge in [-0.15, -0.1) is 0 Å². The molecule has 0 fully saturated rings. The Morgan fingerprint density at radius 1 is 0.682 bits per heavy atom. The van der Waals surface area contributed by atoms with Crippen molar-refractivity contribution in [3.63, 3.8) is 0 Å². The van der Waals surface area contributed by atoms with Crippen LogP contribution in [0.5, 0.6) is 0 Å². The number of rotatable bonds is 2. The third-order valence-electron chi connectivity index (χ3n) is 3.92. The Labute approximate surface area is 127 Å². The molecule has 0 spiro atoms. The van der Waals surface area contributed by atoms with Crippen molar-refractivity contribution in [3.8, 4) is 11.1 Å². The molecule has 22 heavy (non-hydrogen) atoms. The van der Waals surface area contributed by atoms with Crippen LogP contribution in [0.1, 0.15) is 0 Å². The molecule has 0 atom stereocenters. The van der Waals surface area contributed by atoms with Crippen LogP contribution in [0.15, 0.2) is 71.1 Å². The third-order valence-corrected chi connectivity index (χ3v) is 3.92. The van der Waals surface area contributed by atoms with Crippen LogP contribution < -0.4 is 5.46 Å². The molecule has 3 aromatic carbocycles. The number of furan rings is 1. The monoisotopic (exact) mass is 288 g/mol. The van der Waals surface area contributed by atoms with E-state index >= 15 is 0 Å². The highest BCUT2D eigenvalue weighted by Crippen LogP contribution is 2.31. The zero-order chi connectivity index (χ0) is 15.1. The van der Waals surface area contributed by atoms with Crippen molar-refractivity contribution in [3.05, 3.63) is 66.7 Å². The molecule has 0 amide bonds. The minimum absolute atomic E-state index is 0.480. The summed E-state index contributed by atoms with van der Waals surface area (Å²) in [5.41, 5.74) is 4.25. The normalized spacial score (nSPS) is 11.2. The Morgan fingerprint density at radius 3 is 2.14 bits per heavy atom. The van der Waals surface area contributed by atoms with E-state index in [2.05, 4.69) is 18.2 Å². The van der Waals surface area contributed by atoms with E-state index in [-0.39, 0.29) is 0 Å². The van der Waals surface area contributed by atoms with Gasteiger partial charge < -0.3 is 14.5 Å². The van der Waals surface area contributed by atoms with Crippen LogP contribution in [0.4, 0.5) is 0 Å². The standard InChI is InChI=1S/C18H13BO3/c20-19(21)14-8-5-12(6-9-14)13-7-10-16-15-3-1-2-4-17(15)22-18(16)11-13/h1-11,20-21H. The van der Waals surface area contributed by atoms with Crippen LogP contribution in [0.2, 0.25) is 0 Å². The molecule has 1 aromatic heterocycles. The number of fused-ring (bicyclic) bond motifs is 3. The zero-order valence-corrected chi connectivity index (χ0v) is 11.7. The van der Waals surface area contributed by atoms with Gasteiger partial charge in [0.15, 0.2) is 0 Å². The molecule has 0 radical (unpaired) electrons. The van der Waals surface area contributed by atoms with E-state index in [1.807, 2.05) is 36.4 Å². The predicted octanol–water partition coefficient (Wildman–Crippen LogP) is 2.93. The van der Waals surface area contributed by atoms with Gasteiger partial charge >= 0.3 is 7.12 Å². The van der Waals surface area contributed by atoms with Crippen molar-refractivity contribution in [1.29, 1.82) is 0 Å². The molecule has 0 aliphatic rings. The summed E-state index contributed by atoms with van der Waals surface area (Å²) in [6.07, 6.45) is 0. The lowest BCUT2D eigenvalue weighted by atomic mass is 9.80. The number of para-hydroxylation sites is 1. The van der Waals surface area contributed by atoms with E-state index in [1.54, 1.807) is 12.1 Å². The molecule has 106 valence electrons. The van der Waals surface area contributed by atoms with E-state index in [0.717, 1.165) is 33.1 Å². The van der Waals surface area contributed by atoms with Crippen LogP contribution in [0, 0.1) is 0 Å². The maximum atomic E-state index is 9.15. The first-order valence-corrected chi connectivity index (χ1v) is 7.10. The summed E-state index contributed by atoms with van der Waals surface area (Å²) in [5, 5.41) is 20.5. The molecule has 1 heterocycles. The molecule has 0 saturated heterocycles. The lowest BCUT2D eigenvalue weighted by Crippen LogP contribution is -2.29. The molecular formula is C18H13BO3. The van der Waals surface area contributed by atoms with Gasteiger partial charge in [-0.2, -0.15) is 0 Å². The predicted molar refractivity (Wildman–Crippen MR) is 89.0 cm³/mol. The van der Waals surface area contributed by atoms with Crippen molar-refractivity contribution in [2.75, 3.05) is 0 Å².